The standard InChI is InChI=1S/C23H28N2O4/c1-5-28-22-13-18(9-11-21(22)29-15-16(2)3)10-12-23(27)25-20-8-6-7-19(14-20)24-17(4)26/h6-14,16H,5,15H2,1-4H3,(H,24,26)(H,25,27)/b12-10+. The highest BCUT2D eigenvalue weighted by molar-refractivity contribution is 6.02. The number of carbonyl (C=O) groups excluding carboxylic acids is 2. The summed E-state index contributed by atoms with van der Waals surface area (Å²) in [5, 5.41) is 5.46. The number of rotatable bonds is 9. The Bertz CT molecular complexity index is 875. The van der Waals surface area contributed by atoms with Crippen molar-refractivity contribution in [1.82, 2.24) is 0 Å². The molecule has 2 amide bonds. The van der Waals surface area contributed by atoms with Gasteiger partial charge in [0.15, 0.2) is 11.5 Å². The third kappa shape index (κ3) is 7.70. The van der Waals surface area contributed by atoms with Crippen LogP contribution in [0.4, 0.5) is 11.4 Å². The average Bonchev–Trinajstić information content (AvgIpc) is 2.65. The quantitative estimate of drug-likeness (QED) is 0.601. The molecule has 2 rings (SSSR count). The number of hydrogen-bond donors (Lipinski definition) is 2. The zero-order valence-corrected chi connectivity index (χ0v) is 17.3. The topological polar surface area (TPSA) is 76.7 Å². The van der Waals surface area contributed by atoms with Crippen LogP contribution >= 0.6 is 0 Å². The van der Waals surface area contributed by atoms with Gasteiger partial charge in [0.1, 0.15) is 0 Å². The van der Waals surface area contributed by atoms with Crippen LogP contribution in [0.5, 0.6) is 11.5 Å². The van der Waals surface area contributed by atoms with E-state index in [1.165, 1.54) is 13.0 Å². The summed E-state index contributed by atoms with van der Waals surface area (Å²) in [6.07, 6.45) is 3.16. The molecule has 0 saturated heterocycles. The molecule has 0 radical (unpaired) electrons. The Morgan fingerprint density at radius 1 is 1.00 bits per heavy atom. The van der Waals surface area contributed by atoms with Crippen LogP contribution in [0.25, 0.3) is 6.08 Å². The predicted molar refractivity (Wildman–Crippen MR) is 116 cm³/mol. The molecule has 2 aromatic rings. The number of hydrogen-bond acceptors (Lipinski definition) is 4. The first-order valence-corrected chi connectivity index (χ1v) is 9.63. The number of anilines is 2. The van der Waals surface area contributed by atoms with Crippen molar-refractivity contribution in [1.29, 1.82) is 0 Å². The fourth-order valence-electron chi connectivity index (χ4n) is 2.51. The molecule has 2 aromatic carbocycles. The smallest absolute Gasteiger partial charge is 0.248 e. The van der Waals surface area contributed by atoms with Crippen molar-refractivity contribution in [3.05, 3.63) is 54.1 Å². The Morgan fingerprint density at radius 2 is 1.72 bits per heavy atom. The van der Waals surface area contributed by atoms with Gasteiger partial charge in [-0.1, -0.05) is 26.0 Å². The highest BCUT2D eigenvalue weighted by atomic mass is 16.5. The van der Waals surface area contributed by atoms with Gasteiger partial charge in [-0.2, -0.15) is 0 Å². The molecule has 0 aromatic heterocycles. The number of benzene rings is 2. The second kappa shape index (κ2) is 10.9. The van der Waals surface area contributed by atoms with E-state index in [1.54, 1.807) is 30.3 Å². The lowest BCUT2D eigenvalue weighted by atomic mass is 10.1. The van der Waals surface area contributed by atoms with Gasteiger partial charge in [-0.3, -0.25) is 9.59 Å². The second-order valence-corrected chi connectivity index (χ2v) is 6.93. The van der Waals surface area contributed by atoms with Gasteiger partial charge in [0, 0.05) is 24.4 Å². The summed E-state index contributed by atoms with van der Waals surface area (Å²) in [5.41, 5.74) is 2.04. The monoisotopic (exact) mass is 396 g/mol. The van der Waals surface area contributed by atoms with Crippen molar-refractivity contribution in [2.45, 2.75) is 27.7 Å². The summed E-state index contributed by atoms with van der Waals surface area (Å²) in [6.45, 7) is 8.65. The van der Waals surface area contributed by atoms with E-state index in [0.29, 0.717) is 42.0 Å². The van der Waals surface area contributed by atoms with E-state index in [4.69, 9.17) is 9.47 Å². The number of nitrogens with one attached hydrogen (secondary N) is 2. The average molecular weight is 396 g/mol. The molecule has 0 aliphatic carbocycles. The highest BCUT2D eigenvalue weighted by Gasteiger charge is 2.07. The lowest BCUT2D eigenvalue weighted by Crippen LogP contribution is -2.09. The Labute approximate surface area is 171 Å². The number of ether oxygens (including phenoxy) is 2. The van der Waals surface area contributed by atoms with Crippen LogP contribution < -0.4 is 20.1 Å². The van der Waals surface area contributed by atoms with Crippen LogP contribution in [-0.4, -0.2) is 25.0 Å². The molecule has 0 saturated carbocycles. The van der Waals surface area contributed by atoms with Crippen molar-refractivity contribution in [3.63, 3.8) is 0 Å². The molecule has 6 nitrogen and oxygen atoms in total. The van der Waals surface area contributed by atoms with Gasteiger partial charge < -0.3 is 20.1 Å². The Hall–Kier alpha value is -3.28. The molecule has 2 N–H and O–H groups in total. The van der Waals surface area contributed by atoms with Crippen LogP contribution in [-0.2, 0) is 9.59 Å². The van der Waals surface area contributed by atoms with Gasteiger partial charge >= 0.3 is 0 Å². The van der Waals surface area contributed by atoms with E-state index in [-0.39, 0.29) is 11.8 Å². The largest absolute Gasteiger partial charge is 0.490 e. The summed E-state index contributed by atoms with van der Waals surface area (Å²) in [6, 6.07) is 12.5. The fraction of sp³-hybridized carbons (Fsp3) is 0.304. The molecule has 6 heteroatoms. The van der Waals surface area contributed by atoms with Crippen molar-refractivity contribution in [2.24, 2.45) is 5.92 Å². The lowest BCUT2D eigenvalue weighted by Gasteiger charge is -2.14. The molecule has 29 heavy (non-hydrogen) atoms. The SMILES string of the molecule is CCOc1cc(/C=C/C(=O)Nc2cccc(NC(C)=O)c2)ccc1OCC(C)C. The van der Waals surface area contributed by atoms with Crippen molar-refractivity contribution in [2.75, 3.05) is 23.8 Å². The van der Waals surface area contributed by atoms with Crippen LogP contribution in [0, 0.1) is 5.92 Å². The molecule has 0 aliphatic heterocycles. The summed E-state index contributed by atoms with van der Waals surface area (Å²) in [4.78, 5) is 23.4. The fourth-order valence-corrected chi connectivity index (χ4v) is 2.51. The number of amides is 2. The zero-order chi connectivity index (χ0) is 21.2. The van der Waals surface area contributed by atoms with Crippen LogP contribution in [0.2, 0.25) is 0 Å². The molecule has 0 unspecified atom stereocenters. The van der Waals surface area contributed by atoms with Crippen LogP contribution in [0.1, 0.15) is 33.3 Å². The molecular formula is C23H28N2O4. The predicted octanol–water partition coefficient (Wildman–Crippen LogP) is 4.73. The summed E-state index contributed by atoms with van der Waals surface area (Å²) in [5.74, 6) is 1.31. The Kier molecular flexibility index (Phi) is 8.27. The Morgan fingerprint density at radius 3 is 2.38 bits per heavy atom. The first kappa shape index (κ1) is 22.0. The number of carbonyl (C=O) groups is 2. The van der Waals surface area contributed by atoms with Crippen LogP contribution in [0.3, 0.4) is 0 Å². The van der Waals surface area contributed by atoms with E-state index in [2.05, 4.69) is 24.5 Å². The molecule has 0 atom stereocenters. The van der Waals surface area contributed by atoms with Crippen molar-refractivity contribution in [3.8, 4) is 11.5 Å². The van der Waals surface area contributed by atoms with Gasteiger partial charge in [0.25, 0.3) is 0 Å². The van der Waals surface area contributed by atoms with E-state index in [0.717, 1.165) is 5.56 Å². The van der Waals surface area contributed by atoms with Gasteiger partial charge in [-0.25, -0.2) is 0 Å². The third-order valence-corrected chi connectivity index (χ3v) is 3.72. The molecular weight excluding hydrogens is 368 g/mol. The minimum atomic E-state index is -0.275. The Balaban J connectivity index is 2.05. The maximum atomic E-state index is 12.2. The van der Waals surface area contributed by atoms with Gasteiger partial charge in [0.2, 0.25) is 11.8 Å². The zero-order valence-electron chi connectivity index (χ0n) is 17.3. The first-order valence-electron chi connectivity index (χ1n) is 9.63. The van der Waals surface area contributed by atoms with Crippen molar-refractivity contribution < 1.29 is 19.1 Å². The summed E-state index contributed by atoms with van der Waals surface area (Å²) >= 11 is 0. The van der Waals surface area contributed by atoms with Gasteiger partial charge in [0.05, 0.1) is 13.2 Å². The first-order chi connectivity index (χ1) is 13.9. The minimum absolute atomic E-state index is 0.167. The van der Waals surface area contributed by atoms with E-state index in [9.17, 15) is 9.59 Å². The molecule has 154 valence electrons. The summed E-state index contributed by atoms with van der Waals surface area (Å²) < 4.78 is 11.5. The van der Waals surface area contributed by atoms with E-state index < -0.39 is 0 Å². The molecule has 0 heterocycles. The van der Waals surface area contributed by atoms with E-state index in [1.807, 2.05) is 25.1 Å². The molecule has 0 aliphatic rings. The maximum Gasteiger partial charge on any atom is 0.248 e. The van der Waals surface area contributed by atoms with Gasteiger partial charge in [-0.15, -0.1) is 0 Å². The van der Waals surface area contributed by atoms with Gasteiger partial charge in [-0.05, 0) is 54.8 Å². The van der Waals surface area contributed by atoms with E-state index >= 15 is 0 Å². The normalized spacial score (nSPS) is 10.8. The summed E-state index contributed by atoms with van der Waals surface area (Å²) in [7, 11) is 0. The minimum Gasteiger partial charge on any atom is -0.490 e. The maximum absolute atomic E-state index is 12.2. The van der Waals surface area contributed by atoms with Crippen molar-refractivity contribution >= 4 is 29.3 Å². The second-order valence-electron chi connectivity index (χ2n) is 6.93. The highest BCUT2D eigenvalue weighted by Crippen LogP contribution is 2.29. The molecule has 0 fully saturated rings. The lowest BCUT2D eigenvalue weighted by molar-refractivity contribution is -0.114. The third-order valence-electron chi connectivity index (χ3n) is 3.72. The van der Waals surface area contributed by atoms with Crippen LogP contribution in [0.15, 0.2) is 48.5 Å². The molecule has 0 spiro atoms. The molecule has 0 bridgehead atoms.